The van der Waals surface area contributed by atoms with Crippen LogP contribution in [0.4, 0.5) is 5.69 Å². The predicted octanol–water partition coefficient (Wildman–Crippen LogP) is 1.17. The molecule has 0 saturated carbocycles. The van der Waals surface area contributed by atoms with Crippen molar-refractivity contribution in [2.45, 2.75) is 13.3 Å². The van der Waals surface area contributed by atoms with Crippen LogP contribution < -0.4 is 10.4 Å². The molecule has 4 N–H and O–H groups in total. The second kappa shape index (κ2) is 7.27. The molecule has 0 amide bonds. The number of nitrogens with zero attached hydrogens (tertiary/aromatic N) is 1. The molecule has 0 saturated heterocycles. The Balaban J connectivity index is 0.000000383. The van der Waals surface area contributed by atoms with Crippen LogP contribution in [-0.2, 0) is 16.8 Å². The summed E-state index contributed by atoms with van der Waals surface area (Å²) in [6.07, 6.45) is 0.894. The Labute approximate surface area is 127 Å². The number of nitrogens with one attached hydrogen (secondary N) is 1. The van der Waals surface area contributed by atoms with Gasteiger partial charge in [0.1, 0.15) is 0 Å². The first-order chi connectivity index (χ1) is 9.72. The third-order valence-corrected chi connectivity index (χ3v) is 2.79. The molecule has 7 nitrogen and oxygen atoms in total. The Morgan fingerprint density at radius 2 is 1.90 bits per heavy atom. The van der Waals surface area contributed by atoms with E-state index >= 15 is 0 Å². The van der Waals surface area contributed by atoms with E-state index in [0.29, 0.717) is 10.3 Å². The molecule has 0 fully saturated rings. The van der Waals surface area contributed by atoms with Crippen molar-refractivity contribution < 1.29 is 22.2 Å². The van der Waals surface area contributed by atoms with Crippen molar-refractivity contribution in [1.29, 1.82) is 0 Å². The highest BCUT2D eigenvalue weighted by atomic mass is 32.3. The topological polar surface area (TPSA) is 123 Å². The van der Waals surface area contributed by atoms with Crippen molar-refractivity contribution in [2.24, 2.45) is 0 Å². The van der Waals surface area contributed by atoms with Gasteiger partial charge in [0.2, 0.25) is 21.8 Å². The number of hydrogen-bond donors (Lipinski definition) is 3. The number of anilines is 1. The van der Waals surface area contributed by atoms with E-state index < -0.39 is 10.4 Å². The van der Waals surface area contributed by atoms with Crippen molar-refractivity contribution in [3.05, 3.63) is 46.7 Å². The fourth-order valence-corrected chi connectivity index (χ4v) is 1.77. The number of aryl methyl sites for hydroxylation is 1. The molecule has 0 aliphatic heterocycles. The largest absolute Gasteiger partial charge is 0.726 e. The Morgan fingerprint density at radius 3 is 2.38 bits per heavy atom. The molecular weight excluding hydrogens is 314 g/mol. The van der Waals surface area contributed by atoms with E-state index in [1.807, 2.05) is 41.1 Å². The number of H-pyrrole nitrogens is 1. The van der Waals surface area contributed by atoms with Crippen LogP contribution in [0.3, 0.4) is 0 Å². The highest BCUT2D eigenvalue weighted by Gasteiger charge is 2.13. The normalized spacial score (nSPS) is 10.6. The summed E-state index contributed by atoms with van der Waals surface area (Å²) in [6, 6.07) is 12.0. The lowest BCUT2D eigenvalue weighted by Crippen LogP contribution is -2.40. The zero-order chi connectivity index (χ0) is 16.0. The van der Waals surface area contributed by atoms with Gasteiger partial charge in [0.25, 0.3) is 0 Å². The molecule has 114 valence electrons. The van der Waals surface area contributed by atoms with Gasteiger partial charge in [-0.3, -0.25) is 4.55 Å². The van der Waals surface area contributed by atoms with Crippen molar-refractivity contribution in [3.8, 4) is 5.69 Å². The first-order valence-corrected chi connectivity index (χ1v) is 7.67. The third-order valence-electron chi connectivity index (χ3n) is 2.46. The second-order valence-corrected chi connectivity index (χ2v) is 5.25. The molecule has 2 aromatic rings. The quantitative estimate of drug-likeness (QED) is 0.329. The van der Waals surface area contributed by atoms with E-state index in [1.54, 1.807) is 0 Å². The standard InChI is InChI=1S/C12H13N3S.H2O4S/c1-2-9-8-11(13)12(16)14-15(9)10-6-4-3-5-7-10;1-5(2,3)4/h3-8,13H,2H2,1H3,(H,14,16);(H2,1,2,3,4). The number of nitrogen functional groups attached to an aromatic ring is 1. The molecule has 0 unspecified atom stereocenters. The summed E-state index contributed by atoms with van der Waals surface area (Å²) < 4.78 is 35.4. The van der Waals surface area contributed by atoms with Gasteiger partial charge < -0.3 is 10.3 Å². The maximum absolute atomic E-state index is 8.63. The molecule has 0 aliphatic carbocycles. The summed E-state index contributed by atoms with van der Waals surface area (Å²) >= 11 is 5.15. The number of hydrogen-bond acceptors (Lipinski definition) is 5. The molecule has 1 aromatic carbocycles. The predicted molar refractivity (Wildman–Crippen MR) is 79.3 cm³/mol. The van der Waals surface area contributed by atoms with Crippen molar-refractivity contribution in [1.82, 2.24) is 5.10 Å². The molecule has 0 radical (unpaired) electrons. The molecule has 0 aliphatic rings. The summed E-state index contributed by atoms with van der Waals surface area (Å²) in [4.78, 5) is 0. The number of para-hydroxylation sites is 1. The molecule has 1 aromatic heterocycles. The van der Waals surface area contributed by atoms with Crippen LogP contribution in [0.1, 0.15) is 12.6 Å². The van der Waals surface area contributed by atoms with Gasteiger partial charge in [-0.25, -0.2) is 8.42 Å². The number of rotatable bonds is 2. The average molecular weight is 329 g/mol. The molecule has 0 spiro atoms. The molecular formula is C12H15N3O4S2. The Bertz CT molecular complexity index is 750. The van der Waals surface area contributed by atoms with Crippen LogP contribution in [0, 0.1) is 4.64 Å². The van der Waals surface area contributed by atoms with Crippen LogP contribution >= 0.6 is 12.2 Å². The SMILES string of the molecule is CCc1cc(N)c(=S)[nH][n+]1-c1ccccc1.O=S(=O)([O-])O. The minimum Gasteiger partial charge on any atom is -0.726 e. The number of aromatic amines is 1. The number of benzene rings is 1. The molecule has 2 rings (SSSR count). The van der Waals surface area contributed by atoms with Crippen molar-refractivity contribution >= 4 is 28.3 Å². The number of nitrogens with two attached hydrogens (primary N) is 1. The zero-order valence-electron chi connectivity index (χ0n) is 11.2. The fraction of sp³-hybridized carbons (Fsp3) is 0.167. The maximum atomic E-state index is 8.63. The molecule has 21 heavy (non-hydrogen) atoms. The lowest BCUT2D eigenvalue weighted by atomic mass is 10.2. The highest BCUT2D eigenvalue weighted by molar-refractivity contribution is 7.79. The lowest BCUT2D eigenvalue weighted by molar-refractivity contribution is -0.667. The molecule has 9 heteroatoms. The highest BCUT2D eigenvalue weighted by Crippen LogP contribution is 2.06. The minimum absolute atomic E-state index is 0.570. The third kappa shape index (κ3) is 6.00. The first kappa shape index (κ1) is 17.2. The summed E-state index contributed by atoms with van der Waals surface area (Å²) in [6.45, 7) is 2.09. The first-order valence-electron chi connectivity index (χ1n) is 5.89. The summed E-state index contributed by atoms with van der Waals surface area (Å²) in [5, 5.41) is 3.12. The lowest BCUT2D eigenvalue weighted by Gasteiger charge is -2.01. The van der Waals surface area contributed by atoms with E-state index in [4.69, 9.17) is 35.5 Å². The van der Waals surface area contributed by atoms with Crippen LogP contribution in [0.5, 0.6) is 0 Å². The van der Waals surface area contributed by atoms with Crippen LogP contribution in [0.25, 0.3) is 5.69 Å². The Kier molecular flexibility index (Phi) is 5.97. The summed E-state index contributed by atoms with van der Waals surface area (Å²) in [5.74, 6) is 0. The van der Waals surface area contributed by atoms with E-state index in [2.05, 4.69) is 12.0 Å². The van der Waals surface area contributed by atoms with Gasteiger partial charge in [-0.15, -0.1) is 5.10 Å². The van der Waals surface area contributed by atoms with Crippen LogP contribution in [0.15, 0.2) is 36.4 Å². The van der Waals surface area contributed by atoms with Gasteiger partial charge in [0, 0.05) is 24.6 Å². The molecule has 1 heterocycles. The molecule has 0 bridgehead atoms. The Hall–Kier alpha value is -1.81. The van der Waals surface area contributed by atoms with Crippen molar-refractivity contribution in [3.63, 3.8) is 0 Å². The van der Waals surface area contributed by atoms with E-state index in [1.165, 1.54) is 0 Å². The Morgan fingerprint density at radius 1 is 1.38 bits per heavy atom. The van der Waals surface area contributed by atoms with Crippen LogP contribution in [0.2, 0.25) is 0 Å². The smallest absolute Gasteiger partial charge is 0.235 e. The zero-order valence-corrected chi connectivity index (χ0v) is 12.8. The second-order valence-electron chi connectivity index (χ2n) is 3.98. The number of aromatic nitrogens is 2. The van der Waals surface area contributed by atoms with Gasteiger partial charge >= 0.3 is 0 Å². The van der Waals surface area contributed by atoms with Gasteiger partial charge in [-0.1, -0.05) is 42.0 Å². The van der Waals surface area contributed by atoms with Crippen molar-refractivity contribution in [2.75, 3.05) is 5.73 Å². The monoisotopic (exact) mass is 329 g/mol. The van der Waals surface area contributed by atoms with Crippen LogP contribution in [-0.4, -0.2) is 22.6 Å². The summed E-state index contributed by atoms with van der Waals surface area (Å²) in [5.41, 5.74) is 8.59. The molecule has 0 atom stereocenters. The average Bonchev–Trinajstić information content (AvgIpc) is 2.40. The fourth-order valence-electron chi connectivity index (χ4n) is 1.62. The van der Waals surface area contributed by atoms with E-state index in [9.17, 15) is 0 Å². The van der Waals surface area contributed by atoms with E-state index in [0.717, 1.165) is 17.8 Å². The van der Waals surface area contributed by atoms with E-state index in [-0.39, 0.29) is 0 Å². The minimum atomic E-state index is -4.92. The van der Waals surface area contributed by atoms with Gasteiger partial charge in [-0.2, -0.15) is 0 Å². The van der Waals surface area contributed by atoms with Gasteiger partial charge in [-0.05, 0) is 0 Å². The summed E-state index contributed by atoms with van der Waals surface area (Å²) in [7, 11) is -4.92. The maximum Gasteiger partial charge on any atom is 0.235 e. The van der Waals surface area contributed by atoms with Gasteiger partial charge in [0.05, 0.1) is 5.69 Å². The van der Waals surface area contributed by atoms with Gasteiger partial charge in [0.15, 0.2) is 4.64 Å².